The highest BCUT2D eigenvalue weighted by atomic mass is 36.0. The number of carbonyl (C=O) groups excluding carboxylic acids is 6. The number of nitrogens with one attached hydrogen (secondary N) is 4. The van der Waals surface area contributed by atoms with E-state index in [2.05, 4.69) is 66.9 Å². The fourth-order valence-electron chi connectivity index (χ4n) is 11.2. The van der Waals surface area contributed by atoms with Gasteiger partial charge in [0, 0.05) is 58.1 Å². The summed E-state index contributed by atoms with van der Waals surface area (Å²) >= 11 is 11.3. The molecule has 3 aromatic rings. The van der Waals surface area contributed by atoms with Gasteiger partial charge in [-0.3, -0.25) is 28.8 Å². The minimum atomic E-state index is -1.67. The van der Waals surface area contributed by atoms with E-state index in [1.807, 2.05) is 53.4 Å². The first-order chi connectivity index (χ1) is 37.3. The summed E-state index contributed by atoms with van der Waals surface area (Å²) in [6.07, 6.45) is 18.6. The smallest absolute Gasteiger partial charge is 0.242 e. The van der Waals surface area contributed by atoms with Gasteiger partial charge in [-0.25, -0.2) is 4.21 Å². The van der Waals surface area contributed by atoms with Crippen LogP contribution in [0.3, 0.4) is 0 Å². The summed E-state index contributed by atoms with van der Waals surface area (Å²) in [7, 11) is 7.36. The zero-order valence-corrected chi connectivity index (χ0v) is 47.9. The summed E-state index contributed by atoms with van der Waals surface area (Å²) in [5.41, 5.74) is 7.22. The molecule has 6 N–H and O–H groups in total. The molecule has 3 saturated carbocycles. The van der Waals surface area contributed by atoms with Crippen LogP contribution in [0, 0.1) is 17.8 Å². The Kier molecular flexibility index (Phi) is 28.8. The lowest BCUT2D eigenvalue weighted by Gasteiger charge is -2.36. The zero-order chi connectivity index (χ0) is 55.5. The molecule has 0 aromatic heterocycles. The minimum absolute atomic E-state index is 0.000933. The molecule has 20 heteroatoms. The summed E-state index contributed by atoms with van der Waals surface area (Å²) in [6.45, 7) is 2.36. The molecule has 0 bridgehead atoms. The Labute approximate surface area is 476 Å². The third-order valence-electron chi connectivity index (χ3n) is 15.3. The lowest BCUT2D eigenvalue weighted by atomic mass is 9.88. The van der Waals surface area contributed by atoms with Crippen molar-refractivity contribution in [3.05, 3.63) is 106 Å². The molecule has 0 saturated heterocycles. The van der Waals surface area contributed by atoms with Crippen molar-refractivity contribution in [2.45, 2.75) is 134 Å². The molecule has 0 unspecified atom stereocenters. The van der Waals surface area contributed by atoms with Gasteiger partial charge in [0.15, 0.2) is 0 Å². The molecule has 3 aliphatic carbocycles. The van der Waals surface area contributed by atoms with E-state index in [9.17, 15) is 33.9 Å². The van der Waals surface area contributed by atoms with E-state index >= 15 is 0 Å². The number of hydrogen-bond donors (Lipinski definition) is 6. The van der Waals surface area contributed by atoms with Crippen molar-refractivity contribution < 1.29 is 43.2 Å². The molecule has 424 valence electrons. The fraction of sp³-hybridized carbons (Fsp3) is 0.579. The Morgan fingerprint density at radius 3 is 1.29 bits per heavy atom. The van der Waals surface area contributed by atoms with Crippen molar-refractivity contribution in [1.29, 1.82) is 0 Å². The number of aliphatic hydroxyl groups excluding tert-OH is 2. The third kappa shape index (κ3) is 20.8. The Morgan fingerprint density at radius 2 is 0.896 bits per heavy atom. The third-order valence-corrected chi connectivity index (χ3v) is 15.8. The van der Waals surface area contributed by atoms with Crippen LogP contribution < -0.4 is 21.3 Å². The summed E-state index contributed by atoms with van der Waals surface area (Å²) in [5, 5.41) is 29.8. The second-order valence-corrected chi connectivity index (χ2v) is 23.5. The lowest BCUT2D eigenvalue weighted by Crippen LogP contribution is -2.47. The number of hydrogen-bond acceptors (Lipinski definition) is 10. The second kappa shape index (κ2) is 34.8. The maximum absolute atomic E-state index is 12.6. The van der Waals surface area contributed by atoms with Crippen LogP contribution in [0.1, 0.15) is 148 Å². The number of halogens is 4. The standard InChI is InChI=1S/C19H25ClN2O2.C19H26N2O3.C10H13NO.C9H14ClNO2.Cl2OS/c20-12-17-16-9-5-4-6-14(16)10-11-22(17)18(23)13-21-19(24)15-7-2-1-3-8-15;22-13-17-16-9-5-4-6-14(16)10-11-21(17)18(23)12-20-19(24)15-7-2-1-3-8-15;12-7-10-9-4-2-1-3-8(9)5-6-11-10;10-8(12)6-11-9(13)7-4-2-1-3-5-7;1-4(2)3/h4-6,9,15,17H,1-3,7-8,10-13H2,(H,21,24);4-6,9,15,17,22H,1-3,7-8,10-13H2,(H,20,24);1-4,10-12H,5-7H2;7H,1-6H2,(H,11,13);/t2*17-;10-;;/m000../s1. The van der Waals surface area contributed by atoms with Gasteiger partial charge in [0.1, 0.15) is 0 Å². The molecule has 0 spiro atoms. The number of aliphatic hydroxyl groups is 2. The molecular formula is C57H78Cl4N6O9S. The zero-order valence-electron chi connectivity index (χ0n) is 44.1. The van der Waals surface area contributed by atoms with Crippen molar-refractivity contribution in [3.8, 4) is 0 Å². The Bertz CT molecular complexity index is 2280. The number of fused-ring (bicyclic) bond motifs is 3. The van der Waals surface area contributed by atoms with Crippen molar-refractivity contribution >= 4 is 88.6 Å². The first-order valence-corrected chi connectivity index (χ1v) is 31.1. The van der Waals surface area contributed by atoms with Gasteiger partial charge >= 0.3 is 0 Å². The predicted molar refractivity (Wildman–Crippen MR) is 304 cm³/mol. The maximum Gasteiger partial charge on any atom is 0.242 e. The molecular weight excluding hydrogens is 1090 g/mol. The highest BCUT2D eigenvalue weighted by Crippen LogP contribution is 2.32. The van der Waals surface area contributed by atoms with Gasteiger partial charge in [0.25, 0.3) is 0 Å². The van der Waals surface area contributed by atoms with Crippen LogP contribution in [0.5, 0.6) is 0 Å². The molecule has 5 amide bonds. The Hall–Kier alpha value is -4.13. The Morgan fingerprint density at radius 1 is 0.532 bits per heavy atom. The van der Waals surface area contributed by atoms with Crippen molar-refractivity contribution in [1.82, 2.24) is 31.1 Å². The van der Waals surface area contributed by atoms with Crippen LogP contribution in [0.2, 0.25) is 0 Å². The normalized spacial score (nSPS) is 20.2. The number of nitrogens with zero attached hydrogens (tertiary/aromatic N) is 2. The van der Waals surface area contributed by atoms with Crippen molar-refractivity contribution in [2.24, 2.45) is 17.8 Å². The summed E-state index contributed by atoms with van der Waals surface area (Å²) < 4.78 is 9.09. The predicted octanol–water partition coefficient (Wildman–Crippen LogP) is 8.21. The fourth-order valence-corrected chi connectivity index (χ4v) is 11.6. The Balaban J connectivity index is 0.000000192. The molecule has 3 aromatic carbocycles. The first kappa shape index (κ1) is 63.7. The number of alkyl halides is 1. The van der Waals surface area contributed by atoms with E-state index in [1.54, 1.807) is 4.90 Å². The molecule has 6 aliphatic rings. The van der Waals surface area contributed by atoms with Gasteiger partial charge < -0.3 is 41.3 Å². The van der Waals surface area contributed by atoms with Gasteiger partial charge in [-0.15, -0.1) is 11.6 Å². The monoisotopic (exact) mass is 1160 g/mol. The van der Waals surface area contributed by atoms with Crippen LogP contribution in [-0.2, 0) is 57.3 Å². The van der Waals surface area contributed by atoms with Crippen LogP contribution in [0.25, 0.3) is 0 Å². The quantitative estimate of drug-likeness (QED) is 0.0755. The van der Waals surface area contributed by atoms with Gasteiger partial charge in [-0.1, -0.05) is 131 Å². The average Bonchev–Trinajstić information content (AvgIpc) is 3.47. The topological polar surface area (TPSA) is 215 Å². The second-order valence-electron chi connectivity index (χ2n) is 20.3. The van der Waals surface area contributed by atoms with E-state index in [4.69, 9.17) is 32.5 Å². The van der Waals surface area contributed by atoms with Crippen molar-refractivity contribution in [2.75, 3.05) is 58.4 Å². The molecule has 3 aliphatic heterocycles. The summed E-state index contributed by atoms with van der Waals surface area (Å²) in [4.78, 5) is 74.9. The van der Waals surface area contributed by atoms with E-state index in [0.29, 0.717) is 19.0 Å². The van der Waals surface area contributed by atoms with Crippen LogP contribution >= 0.6 is 44.6 Å². The first-order valence-electron chi connectivity index (χ1n) is 27.3. The molecule has 9 rings (SSSR count). The highest BCUT2D eigenvalue weighted by molar-refractivity contribution is 8.26. The molecule has 3 heterocycles. The molecule has 0 radical (unpaired) electrons. The van der Waals surface area contributed by atoms with Crippen LogP contribution in [0.4, 0.5) is 0 Å². The average molecular weight is 1170 g/mol. The van der Waals surface area contributed by atoms with E-state index in [1.165, 1.54) is 41.5 Å². The largest absolute Gasteiger partial charge is 0.394 e. The number of amides is 5. The summed E-state index contributed by atoms with van der Waals surface area (Å²) in [5.74, 6) is 0.466. The van der Waals surface area contributed by atoms with E-state index in [0.717, 1.165) is 114 Å². The molecule has 3 fully saturated rings. The van der Waals surface area contributed by atoms with Crippen LogP contribution in [-0.4, -0.2) is 117 Å². The number of rotatable bonds is 12. The van der Waals surface area contributed by atoms with Gasteiger partial charge in [-0.2, -0.15) is 0 Å². The summed E-state index contributed by atoms with van der Waals surface area (Å²) in [6, 6.07) is 24.1. The van der Waals surface area contributed by atoms with E-state index in [-0.39, 0.29) is 98.3 Å². The van der Waals surface area contributed by atoms with Gasteiger partial charge in [0.05, 0.1) is 51.0 Å². The number of benzene rings is 3. The highest BCUT2D eigenvalue weighted by Gasteiger charge is 2.33. The van der Waals surface area contributed by atoms with E-state index < -0.39 is 14.5 Å². The maximum atomic E-state index is 12.6. The number of carbonyl (C=O) groups is 6. The van der Waals surface area contributed by atoms with Crippen molar-refractivity contribution in [3.63, 3.8) is 0 Å². The van der Waals surface area contributed by atoms with Gasteiger partial charge in [-0.05, 0) is 109 Å². The minimum Gasteiger partial charge on any atom is -0.394 e. The SMILES string of the molecule is O=C(Cl)CNC(=O)C1CCCCC1.O=C(NCC(=O)N1CCc2ccccc2[C@@H]1CCl)C1CCCCC1.O=C(NCC(=O)N1CCc2ccccc2[C@@H]1CO)C1CCCCC1.O=S(Cl)Cl.OC[C@@H]1NCCc2ccccc21. The van der Waals surface area contributed by atoms with Gasteiger partial charge in [0.2, 0.25) is 44.0 Å². The lowest BCUT2D eigenvalue weighted by molar-refractivity contribution is -0.137. The van der Waals surface area contributed by atoms with Crippen LogP contribution in [0.15, 0.2) is 72.8 Å². The molecule has 77 heavy (non-hydrogen) atoms. The molecule has 15 nitrogen and oxygen atoms in total. The molecule has 3 atom stereocenters.